The highest BCUT2D eigenvalue weighted by molar-refractivity contribution is 5.29. The van der Waals surface area contributed by atoms with Gasteiger partial charge in [-0.05, 0) is 30.2 Å². The highest BCUT2D eigenvalue weighted by Crippen LogP contribution is 2.18. The van der Waals surface area contributed by atoms with Gasteiger partial charge in [-0.25, -0.2) is 9.37 Å². The summed E-state index contributed by atoms with van der Waals surface area (Å²) in [6.45, 7) is 1.83. The van der Waals surface area contributed by atoms with Gasteiger partial charge in [0.15, 0.2) is 0 Å². The Morgan fingerprint density at radius 3 is 2.80 bits per heavy atom. The SMILES string of the molecule is Cc1cc(F)cc(C(N)c2ncc[nH]2)c1. The second-order valence-electron chi connectivity index (χ2n) is 3.51. The lowest BCUT2D eigenvalue weighted by atomic mass is 10.0. The van der Waals surface area contributed by atoms with Crippen LogP contribution < -0.4 is 5.73 Å². The number of rotatable bonds is 2. The lowest BCUT2D eigenvalue weighted by Crippen LogP contribution is -2.13. The largest absolute Gasteiger partial charge is 0.347 e. The summed E-state index contributed by atoms with van der Waals surface area (Å²) in [4.78, 5) is 6.96. The van der Waals surface area contributed by atoms with Crippen molar-refractivity contribution in [1.29, 1.82) is 0 Å². The van der Waals surface area contributed by atoms with Crippen LogP contribution in [0.15, 0.2) is 30.6 Å². The summed E-state index contributed by atoms with van der Waals surface area (Å²) in [6.07, 6.45) is 3.32. The first-order valence-corrected chi connectivity index (χ1v) is 4.69. The first-order valence-electron chi connectivity index (χ1n) is 4.69. The van der Waals surface area contributed by atoms with Crippen LogP contribution in [-0.4, -0.2) is 9.97 Å². The maximum Gasteiger partial charge on any atom is 0.127 e. The molecule has 1 atom stereocenters. The molecule has 0 saturated carbocycles. The van der Waals surface area contributed by atoms with Gasteiger partial charge in [0.25, 0.3) is 0 Å². The molecule has 0 radical (unpaired) electrons. The number of aromatic amines is 1. The average Bonchev–Trinajstić information content (AvgIpc) is 2.67. The number of aryl methyl sites for hydroxylation is 1. The maximum absolute atomic E-state index is 13.1. The van der Waals surface area contributed by atoms with Crippen LogP contribution in [-0.2, 0) is 0 Å². The highest BCUT2D eigenvalue weighted by atomic mass is 19.1. The van der Waals surface area contributed by atoms with Gasteiger partial charge in [0, 0.05) is 12.4 Å². The fourth-order valence-corrected chi connectivity index (χ4v) is 1.55. The zero-order chi connectivity index (χ0) is 10.8. The zero-order valence-corrected chi connectivity index (χ0v) is 8.37. The molecule has 0 bridgehead atoms. The molecule has 2 aromatic rings. The number of H-pyrrole nitrogens is 1. The third-order valence-electron chi connectivity index (χ3n) is 2.24. The van der Waals surface area contributed by atoms with Crippen molar-refractivity contribution in [2.45, 2.75) is 13.0 Å². The Hall–Kier alpha value is -1.68. The van der Waals surface area contributed by atoms with E-state index in [1.807, 2.05) is 13.0 Å². The van der Waals surface area contributed by atoms with Crippen molar-refractivity contribution in [3.63, 3.8) is 0 Å². The van der Waals surface area contributed by atoms with Gasteiger partial charge in [-0.15, -0.1) is 0 Å². The van der Waals surface area contributed by atoms with Crippen LogP contribution in [0, 0.1) is 12.7 Å². The summed E-state index contributed by atoms with van der Waals surface area (Å²) in [5.41, 5.74) is 7.52. The molecular weight excluding hydrogens is 193 g/mol. The summed E-state index contributed by atoms with van der Waals surface area (Å²) in [7, 11) is 0. The Kier molecular flexibility index (Phi) is 2.51. The molecule has 4 heteroatoms. The second kappa shape index (κ2) is 3.82. The smallest absolute Gasteiger partial charge is 0.127 e. The van der Waals surface area contributed by atoms with E-state index in [0.717, 1.165) is 11.1 Å². The van der Waals surface area contributed by atoms with E-state index in [1.165, 1.54) is 12.1 Å². The topological polar surface area (TPSA) is 54.7 Å². The van der Waals surface area contributed by atoms with Gasteiger partial charge >= 0.3 is 0 Å². The molecule has 0 aliphatic heterocycles. The molecule has 0 aliphatic carbocycles. The maximum atomic E-state index is 13.1. The molecule has 1 unspecified atom stereocenters. The molecule has 0 fully saturated rings. The second-order valence-corrected chi connectivity index (χ2v) is 3.51. The van der Waals surface area contributed by atoms with Crippen LogP contribution in [0.3, 0.4) is 0 Å². The van der Waals surface area contributed by atoms with Crippen molar-refractivity contribution in [2.24, 2.45) is 5.73 Å². The fourth-order valence-electron chi connectivity index (χ4n) is 1.55. The number of nitrogens with one attached hydrogen (secondary N) is 1. The number of hydrogen-bond acceptors (Lipinski definition) is 2. The van der Waals surface area contributed by atoms with E-state index in [4.69, 9.17) is 5.73 Å². The van der Waals surface area contributed by atoms with Crippen molar-refractivity contribution < 1.29 is 4.39 Å². The third kappa shape index (κ3) is 2.05. The first kappa shape index (κ1) is 9.86. The quantitative estimate of drug-likeness (QED) is 0.786. The molecule has 1 aromatic carbocycles. The number of benzene rings is 1. The minimum Gasteiger partial charge on any atom is -0.347 e. The highest BCUT2D eigenvalue weighted by Gasteiger charge is 2.12. The third-order valence-corrected chi connectivity index (χ3v) is 2.24. The van der Waals surface area contributed by atoms with E-state index in [-0.39, 0.29) is 5.82 Å². The molecule has 3 N–H and O–H groups in total. The number of imidazole rings is 1. The van der Waals surface area contributed by atoms with Gasteiger partial charge in [-0.2, -0.15) is 0 Å². The predicted molar refractivity (Wildman–Crippen MR) is 55.8 cm³/mol. The molecule has 15 heavy (non-hydrogen) atoms. The van der Waals surface area contributed by atoms with Crippen LogP contribution in [0.25, 0.3) is 0 Å². The molecule has 0 saturated heterocycles. The van der Waals surface area contributed by atoms with Crippen LogP contribution in [0.5, 0.6) is 0 Å². The van der Waals surface area contributed by atoms with Crippen molar-refractivity contribution in [3.8, 4) is 0 Å². The Morgan fingerprint density at radius 2 is 2.20 bits per heavy atom. The molecule has 78 valence electrons. The van der Waals surface area contributed by atoms with E-state index in [1.54, 1.807) is 12.4 Å². The molecule has 0 amide bonds. The Balaban J connectivity index is 2.37. The fraction of sp³-hybridized carbons (Fsp3) is 0.182. The van der Waals surface area contributed by atoms with Crippen molar-refractivity contribution in [1.82, 2.24) is 9.97 Å². The lowest BCUT2D eigenvalue weighted by Gasteiger charge is -2.10. The van der Waals surface area contributed by atoms with Crippen molar-refractivity contribution in [3.05, 3.63) is 53.4 Å². The van der Waals surface area contributed by atoms with E-state index in [9.17, 15) is 4.39 Å². The summed E-state index contributed by atoms with van der Waals surface area (Å²) < 4.78 is 13.1. The van der Waals surface area contributed by atoms with Crippen molar-refractivity contribution in [2.75, 3.05) is 0 Å². The molecule has 3 nitrogen and oxygen atoms in total. The molecule has 0 aliphatic rings. The number of aromatic nitrogens is 2. The normalized spacial score (nSPS) is 12.7. The number of halogens is 1. The van der Waals surface area contributed by atoms with E-state index < -0.39 is 6.04 Å². The standard InChI is InChI=1S/C11H12FN3/c1-7-4-8(6-9(12)5-7)10(13)11-14-2-3-15-11/h2-6,10H,13H2,1H3,(H,14,15). The summed E-state index contributed by atoms with van der Waals surface area (Å²) >= 11 is 0. The molecule has 1 aromatic heterocycles. The van der Waals surface area contributed by atoms with Gasteiger partial charge in [0.2, 0.25) is 0 Å². The van der Waals surface area contributed by atoms with Crippen LogP contribution in [0.1, 0.15) is 23.0 Å². The van der Waals surface area contributed by atoms with Gasteiger partial charge in [0.1, 0.15) is 11.6 Å². The molecular formula is C11H12FN3. The number of nitrogens with two attached hydrogens (primary N) is 1. The lowest BCUT2D eigenvalue weighted by molar-refractivity contribution is 0.621. The Bertz CT molecular complexity index is 431. The Morgan fingerprint density at radius 1 is 1.40 bits per heavy atom. The summed E-state index contributed by atoms with van der Waals surface area (Å²) in [6, 6.07) is 4.35. The Labute approximate surface area is 87.2 Å². The molecule has 0 spiro atoms. The van der Waals surface area contributed by atoms with Gasteiger partial charge in [0.05, 0.1) is 6.04 Å². The summed E-state index contributed by atoms with van der Waals surface area (Å²) in [5.74, 6) is 0.368. The van der Waals surface area contributed by atoms with Crippen molar-refractivity contribution >= 4 is 0 Å². The average molecular weight is 205 g/mol. The molecule has 1 heterocycles. The first-order chi connectivity index (χ1) is 7.16. The van der Waals surface area contributed by atoms with E-state index in [2.05, 4.69) is 9.97 Å². The van der Waals surface area contributed by atoms with Crippen LogP contribution >= 0.6 is 0 Å². The summed E-state index contributed by atoms with van der Waals surface area (Å²) in [5, 5.41) is 0. The van der Waals surface area contributed by atoms with E-state index >= 15 is 0 Å². The minimum absolute atomic E-state index is 0.271. The van der Waals surface area contributed by atoms with Crippen LogP contribution in [0.4, 0.5) is 4.39 Å². The minimum atomic E-state index is -0.408. The number of hydrogen-bond donors (Lipinski definition) is 2. The van der Waals surface area contributed by atoms with E-state index in [0.29, 0.717) is 5.82 Å². The van der Waals surface area contributed by atoms with Gasteiger partial charge in [-0.1, -0.05) is 6.07 Å². The predicted octanol–water partition coefficient (Wildman–Crippen LogP) is 1.91. The zero-order valence-electron chi connectivity index (χ0n) is 8.37. The van der Waals surface area contributed by atoms with Crippen LogP contribution in [0.2, 0.25) is 0 Å². The van der Waals surface area contributed by atoms with Gasteiger partial charge in [-0.3, -0.25) is 0 Å². The monoisotopic (exact) mass is 205 g/mol. The van der Waals surface area contributed by atoms with Gasteiger partial charge < -0.3 is 10.7 Å². The number of nitrogens with zero attached hydrogens (tertiary/aromatic N) is 1. The molecule has 2 rings (SSSR count).